The first kappa shape index (κ1) is 15.7. The first-order valence-corrected chi connectivity index (χ1v) is 9.01. The van der Waals surface area contributed by atoms with Crippen LogP contribution < -0.4 is 5.73 Å². The Morgan fingerprint density at radius 1 is 1.25 bits per heavy atom. The summed E-state index contributed by atoms with van der Waals surface area (Å²) in [4.78, 5) is 13.9. The maximum absolute atomic E-state index is 12.2. The third-order valence-corrected chi connectivity index (χ3v) is 6.58. The maximum Gasteiger partial charge on any atom is 0.239 e. The Labute approximate surface area is 121 Å². The summed E-state index contributed by atoms with van der Waals surface area (Å²) >= 11 is 0. The van der Waals surface area contributed by atoms with E-state index in [1.807, 2.05) is 0 Å². The van der Waals surface area contributed by atoms with E-state index in [2.05, 4.69) is 0 Å². The van der Waals surface area contributed by atoms with Gasteiger partial charge in [-0.25, -0.2) is 12.7 Å². The highest BCUT2D eigenvalue weighted by atomic mass is 32.2. The zero-order valence-corrected chi connectivity index (χ0v) is 13.1. The van der Waals surface area contributed by atoms with Gasteiger partial charge in [-0.3, -0.25) is 4.79 Å². The van der Waals surface area contributed by atoms with Gasteiger partial charge in [0.25, 0.3) is 0 Å². The molecule has 2 N–H and O–H groups in total. The third-order valence-electron chi connectivity index (χ3n) is 4.67. The number of carbonyl (C=O) groups excluding carboxylic acids is 1. The molecule has 2 aliphatic rings. The minimum atomic E-state index is -3.49. The molecule has 1 heterocycles. The lowest BCUT2D eigenvalue weighted by Gasteiger charge is -2.22. The maximum atomic E-state index is 12.2. The van der Waals surface area contributed by atoms with Crippen molar-refractivity contribution < 1.29 is 13.2 Å². The molecule has 0 radical (unpaired) electrons. The normalized spacial score (nSPS) is 30.0. The number of nitrogens with zero attached hydrogens (tertiary/aromatic N) is 2. The van der Waals surface area contributed by atoms with Gasteiger partial charge in [-0.1, -0.05) is 13.8 Å². The van der Waals surface area contributed by atoms with Crippen LogP contribution in [0.2, 0.25) is 0 Å². The molecular weight excluding hydrogens is 278 g/mol. The molecule has 1 amide bonds. The monoisotopic (exact) mass is 303 g/mol. The lowest BCUT2D eigenvalue weighted by atomic mass is 9.98. The Morgan fingerprint density at radius 2 is 1.90 bits per heavy atom. The molecule has 1 aliphatic heterocycles. The summed E-state index contributed by atoms with van der Waals surface area (Å²) in [6.45, 7) is 5.67. The predicted octanol–water partition coefficient (Wildman–Crippen LogP) is -0.146. The lowest BCUT2D eigenvalue weighted by Crippen LogP contribution is -2.41. The summed E-state index contributed by atoms with van der Waals surface area (Å²) in [5, 5.41) is 0. The van der Waals surface area contributed by atoms with Crippen LogP contribution in [0.4, 0.5) is 0 Å². The van der Waals surface area contributed by atoms with Crippen LogP contribution in [-0.4, -0.2) is 61.5 Å². The third kappa shape index (κ3) is 2.99. The minimum absolute atomic E-state index is 0.164. The number of likely N-dealkylation sites (tertiary alicyclic amines) is 1. The first-order chi connectivity index (χ1) is 9.39. The zero-order valence-electron chi connectivity index (χ0n) is 12.3. The number of hydrogen-bond donors (Lipinski definition) is 1. The van der Waals surface area contributed by atoms with Crippen LogP contribution in [0.3, 0.4) is 0 Å². The van der Waals surface area contributed by atoms with Gasteiger partial charge in [0.2, 0.25) is 15.9 Å². The van der Waals surface area contributed by atoms with Crippen LogP contribution in [0.5, 0.6) is 0 Å². The van der Waals surface area contributed by atoms with E-state index in [-0.39, 0.29) is 11.9 Å². The largest absolute Gasteiger partial charge is 0.341 e. The average Bonchev–Trinajstić information content (AvgIpc) is 2.92. The lowest BCUT2D eigenvalue weighted by molar-refractivity contribution is -0.127. The fraction of sp³-hybridized carbons (Fsp3) is 0.923. The number of carbonyl (C=O) groups is 1. The molecule has 20 heavy (non-hydrogen) atoms. The van der Waals surface area contributed by atoms with Crippen molar-refractivity contribution in [1.82, 2.24) is 9.21 Å². The highest BCUT2D eigenvalue weighted by Crippen LogP contribution is 2.37. The van der Waals surface area contributed by atoms with Crippen molar-refractivity contribution >= 4 is 15.9 Å². The van der Waals surface area contributed by atoms with Gasteiger partial charge in [-0.2, -0.15) is 0 Å². The number of fused-ring (bicyclic) bond motifs is 1. The molecule has 6 nitrogen and oxygen atoms in total. The summed E-state index contributed by atoms with van der Waals surface area (Å²) in [5.74, 6) is 0.127. The zero-order chi connectivity index (χ0) is 14.9. The summed E-state index contributed by atoms with van der Waals surface area (Å²) in [7, 11) is -3.49. The number of amides is 1. The van der Waals surface area contributed by atoms with E-state index in [0.29, 0.717) is 38.0 Å². The average molecular weight is 303 g/mol. The molecule has 2 fully saturated rings. The molecule has 0 aromatic rings. The second kappa shape index (κ2) is 5.99. The van der Waals surface area contributed by atoms with Gasteiger partial charge >= 0.3 is 0 Å². The van der Waals surface area contributed by atoms with Crippen LogP contribution in [0.25, 0.3) is 0 Å². The van der Waals surface area contributed by atoms with E-state index in [1.54, 1.807) is 18.7 Å². The number of sulfonamides is 1. The molecule has 3 unspecified atom stereocenters. The fourth-order valence-corrected chi connectivity index (χ4v) is 4.93. The Hall–Kier alpha value is -0.660. The van der Waals surface area contributed by atoms with Crippen molar-refractivity contribution in [2.75, 3.05) is 31.9 Å². The van der Waals surface area contributed by atoms with Crippen molar-refractivity contribution in [2.45, 2.75) is 32.7 Å². The van der Waals surface area contributed by atoms with Crippen molar-refractivity contribution in [2.24, 2.45) is 17.6 Å². The van der Waals surface area contributed by atoms with Crippen LogP contribution in [0.1, 0.15) is 26.7 Å². The summed E-state index contributed by atoms with van der Waals surface area (Å²) in [5.41, 5.74) is 6.04. The van der Waals surface area contributed by atoms with E-state index < -0.39 is 15.8 Å². The highest BCUT2D eigenvalue weighted by Gasteiger charge is 2.43. The molecule has 0 spiro atoms. The molecule has 0 bridgehead atoms. The molecular formula is C13H25N3O3S. The van der Waals surface area contributed by atoms with Crippen LogP contribution >= 0.6 is 0 Å². The topological polar surface area (TPSA) is 83.7 Å². The molecule has 1 saturated heterocycles. The van der Waals surface area contributed by atoms with Crippen LogP contribution in [0, 0.1) is 11.8 Å². The van der Waals surface area contributed by atoms with Crippen molar-refractivity contribution in [3.05, 3.63) is 0 Å². The number of rotatable bonds is 5. The second-order valence-electron chi connectivity index (χ2n) is 5.80. The van der Waals surface area contributed by atoms with E-state index in [9.17, 15) is 13.2 Å². The Balaban J connectivity index is 1.97. The van der Waals surface area contributed by atoms with E-state index in [0.717, 1.165) is 12.8 Å². The number of nitrogens with two attached hydrogens (primary N) is 1. The summed E-state index contributed by atoms with van der Waals surface area (Å²) < 4.78 is 25.6. The Kier molecular flexibility index (Phi) is 4.71. The summed E-state index contributed by atoms with van der Waals surface area (Å²) in [6.07, 6.45) is 2.08. The van der Waals surface area contributed by atoms with E-state index >= 15 is 0 Å². The summed E-state index contributed by atoms with van der Waals surface area (Å²) in [6, 6.07) is 0.164. The fourth-order valence-electron chi connectivity index (χ4n) is 3.47. The van der Waals surface area contributed by atoms with Crippen LogP contribution in [-0.2, 0) is 14.8 Å². The smallest absolute Gasteiger partial charge is 0.239 e. The molecule has 3 atom stereocenters. The molecule has 1 saturated carbocycles. The number of hydrogen-bond acceptors (Lipinski definition) is 4. The van der Waals surface area contributed by atoms with Crippen molar-refractivity contribution in [1.29, 1.82) is 0 Å². The van der Waals surface area contributed by atoms with Gasteiger partial charge in [0, 0.05) is 32.2 Å². The highest BCUT2D eigenvalue weighted by molar-refractivity contribution is 7.89. The molecule has 7 heteroatoms. The van der Waals surface area contributed by atoms with Gasteiger partial charge in [0.05, 0.1) is 0 Å². The minimum Gasteiger partial charge on any atom is -0.341 e. The SMILES string of the molecule is CCN(CC)S(=O)(=O)CC(=O)N1CC2CCC(N)C2C1. The molecule has 0 aromatic carbocycles. The molecule has 2 rings (SSSR count). The molecule has 1 aliphatic carbocycles. The van der Waals surface area contributed by atoms with Crippen LogP contribution in [0.15, 0.2) is 0 Å². The van der Waals surface area contributed by atoms with Gasteiger partial charge in [-0.15, -0.1) is 0 Å². The standard InChI is InChI=1S/C13H25N3O3S/c1-3-16(4-2)20(18,19)9-13(17)15-7-10-5-6-12(14)11(10)8-15/h10-12H,3-9,14H2,1-2H3. The molecule has 116 valence electrons. The van der Waals surface area contributed by atoms with Crippen molar-refractivity contribution in [3.63, 3.8) is 0 Å². The second-order valence-corrected chi connectivity index (χ2v) is 7.77. The molecule has 0 aromatic heterocycles. The van der Waals surface area contributed by atoms with Gasteiger partial charge in [-0.05, 0) is 24.7 Å². The van der Waals surface area contributed by atoms with Gasteiger partial charge in [0.15, 0.2) is 0 Å². The first-order valence-electron chi connectivity index (χ1n) is 7.40. The Bertz CT molecular complexity index is 461. The van der Waals surface area contributed by atoms with Crippen molar-refractivity contribution in [3.8, 4) is 0 Å². The van der Waals surface area contributed by atoms with E-state index in [4.69, 9.17) is 5.73 Å². The predicted molar refractivity (Wildman–Crippen MR) is 77.5 cm³/mol. The van der Waals surface area contributed by atoms with Gasteiger partial charge in [0.1, 0.15) is 5.75 Å². The van der Waals surface area contributed by atoms with E-state index in [1.165, 1.54) is 4.31 Å². The van der Waals surface area contributed by atoms with Gasteiger partial charge < -0.3 is 10.6 Å². The quantitative estimate of drug-likeness (QED) is 0.766. The Morgan fingerprint density at radius 3 is 2.45 bits per heavy atom.